The van der Waals surface area contributed by atoms with Crippen LogP contribution in [0.15, 0.2) is 48.8 Å². The summed E-state index contributed by atoms with van der Waals surface area (Å²) >= 11 is 0. The van der Waals surface area contributed by atoms with Gasteiger partial charge in [0, 0.05) is 17.2 Å². The molecule has 82 valence electrons. The number of hydrogen-bond acceptors (Lipinski definition) is 0. The number of rotatable bonds is 3. The first kappa shape index (κ1) is 10.9. The van der Waals surface area contributed by atoms with Gasteiger partial charge in [0.25, 0.3) is 0 Å². The predicted molar refractivity (Wildman–Crippen MR) is 66.3 cm³/mol. The minimum atomic E-state index is 0.950. The van der Waals surface area contributed by atoms with Gasteiger partial charge in [-0.15, -0.1) is 0 Å². The zero-order valence-electron chi connectivity index (χ0n) is 9.98. The number of pyridine rings is 1. The number of aromatic nitrogens is 1. The van der Waals surface area contributed by atoms with Crippen LogP contribution in [0.1, 0.15) is 23.6 Å². The summed E-state index contributed by atoms with van der Waals surface area (Å²) in [6.07, 6.45) is 5.50. The van der Waals surface area contributed by atoms with E-state index >= 15 is 0 Å². The summed E-state index contributed by atoms with van der Waals surface area (Å²) < 4.78 is 2.24. The van der Waals surface area contributed by atoms with Gasteiger partial charge in [-0.2, -0.15) is 0 Å². The van der Waals surface area contributed by atoms with Gasteiger partial charge in [0.1, 0.15) is 0 Å². The highest BCUT2D eigenvalue weighted by molar-refractivity contribution is 5.19. The summed E-state index contributed by atoms with van der Waals surface area (Å²) in [5.41, 5.74) is 4.15. The van der Waals surface area contributed by atoms with E-state index in [-0.39, 0.29) is 0 Å². The Morgan fingerprint density at radius 3 is 2.44 bits per heavy atom. The average Bonchev–Trinajstić information content (AvgIpc) is 2.31. The second kappa shape index (κ2) is 4.93. The van der Waals surface area contributed by atoms with Crippen molar-refractivity contribution >= 4 is 0 Å². The fourth-order valence-corrected chi connectivity index (χ4v) is 1.98. The molecule has 1 nitrogen and oxygen atoms in total. The molecule has 0 amide bonds. The Kier molecular flexibility index (Phi) is 3.35. The number of hydrogen-bond donors (Lipinski definition) is 0. The molecule has 0 radical (unpaired) electrons. The Labute approximate surface area is 97.4 Å². The molecule has 0 aliphatic carbocycles. The lowest BCUT2D eigenvalue weighted by Crippen LogP contribution is -2.34. The van der Waals surface area contributed by atoms with Gasteiger partial charge in [-0.1, -0.05) is 37.3 Å². The van der Waals surface area contributed by atoms with Crippen molar-refractivity contribution in [2.75, 3.05) is 0 Å². The van der Waals surface area contributed by atoms with Crippen LogP contribution in [0.2, 0.25) is 0 Å². The quantitative estimate of drug-likeness (QED) is 0.689. The summed E-state index contributed by atoms with van der Waals surface area (Å²) in [4.78, 5) is 0. The first-order chi connectivity index (χ1) is 7.79. The van der Waals surface area contributed by atoms with E-state index in [0.29, 0.717) is 0 Å². The fourth-order valence-electron chi connectivity index (χ4n) is 1.98. The molecule has 2 aromatic rings. The monoisotopic (exact) mass is 212 g/mol. The van der Waals surface area contributed by atoms with Crippen LogP contribution in [0, 0.1) is 6.92 Å². The minimum Gasteiger partial charge on any atom is -0.201 e. The summed E-state index contributed by atoms with van der Waals surface area (Å²) in [7, 11) is 0. The van der Waals surface area contributed by atoms with Crippen molar-refractivity contribution in [3.8, 4) is 0 Å². The van der Waals surface area contributed by atoms with Crippen molar-refractivity contribution in [2.24, 2.45) is 0 Å². The highest BCUT2D eigenvalue weighted by Gasteiger charge is 2.05. The molecule has 1 heterocycles. The van der Waals surface area contributed by atoms with Crippen LogP contribution in [-0.2, 0) is 13.0 Å². The lowest BCUT2D eigenvalue weighted by molar-refractivity contribution is -0.688. The van der Waals surface area contributed by atoms with Gasteiger partial charge in [0.15, 0.2) is 18.9 Å². The molecule has 0 saturated carbocycles. The maximum Gasteiger partial charge on any atom is 0.173 e. The molecule has 0 N–H and O–H groups in total. The summed E-state index contributed by atoms with van der Waals surface area (Å²) in [5.74, 6) is 0. The van der Waals surface area contributed by atoms with Crippen molar-refractivity contribution in [1.29, 1.82) is 0 Å². The molecule has 2 rings (SSSR count). The second-order valence-corrected chi connectivity index (χ2v) is 4.16. The van der Waals surface area contributed by atoms with Crippen molar-refractivity contribution in [2.45, 2.75) is 26.8 Å². The third kappa shape index (κ3) is 2.48. The van der Waals surface area contributed by atoms with Crippen molar-refractivity contribution in [3.05, 3.63) is 65.5 Å². The molecule has 0 bridgehead atoms. The van der Waals surface area contributed by atoms with Crippen molar-refractivity contribution < 1.29 is 4.57 Å². The van der Waals surface area contributed by atoms with E-state index in [0.717, 1.165) is 13.0 Å². The molecule has 16 heavy (non-hydrogen) atoms. The Balaban J connectivity index is 2.20. The standard InChI is InChI=1S/C15H18N/c1-3-15-9-10-16(11-13(15)2)12-14-7-5-4-6-8-14/h4-11H,3,12H2,1-2H3/q+1. The van der Waals surface area contributed by atoms with Crippen LogP contribution in [0.3, 0.4) is 0 Å². The van der Waals surface area contributed by atoms with Gasteiger partial charge in [-0.25, -0.2) is 4.57 Å². The second-order valence-electron chi connectivity index (χ2n) is 4.16. The van der Waals surface area contributed by atoms with Crippen LogP contribution in [0.5, 0.6) is 0 Å². The van der Waals surface area contributed by atoms with E-state index in [9.17, 15) is 0 Å². The Hall–Kier alpha value is -1.63. The summed E-state index contributed by atoms with van der Waals surface area (Å²) in [6.45, 7) is 5.33. The van der Waals surface area contributed by atoms with Gasteiger partial charge in [0.2, 0.25) is 0 Å². The molecule has 0 aliphatic heterocycles. The third-order valence-electron chi connectivity index (χ3n) is 2.92. The molecule has 0 fully saturated rings. The van der Waals surface area contributed by atoms with Gasteiger partial charge in [-0.3, -0.25) is 0 Å². The Morgan fingerprint density at radius 1 is 1.06 bits per heavy atom. The number of aryl methyl sites for hydroxylation is 2. The minimum absolute atomic E-state index is 0.950. The van der Waals surface area contributed by atoms with Crippen molar-refractivity contribution in [1.82, 2.24) is 0 Å². The van der Waals surface area contributed by atoms with Gasteiger partial charge >= 0.3 is 0 Å². The molecule has 1 aromatic carbocycles. The van der Waals surface area contributed by atoms with E-state index in [1.807, 2.05) is 0 Å². The molecule has 1 aromatic heterocycles. The smallest absolute Gasteiger partial charge is 0.173 e. The highest BCUT2D eigenvalue weighted by Crippen LogP contribution is 2.05. The van der Waals surface area contributed by atoms with Crippen molar-refractivity contribution in [3.63, 3.8) is 0 Å². The molecule has 0 aliphatic rings. The molecule has 0 saturated heterocycles. The highest BCUT2D eigenvalue weighted by atomic mass is 14.9. The zero-order chi connectivity index (χ0) is 11.4. The normalized spacial score (nSPS) is 10.4. The van der Waals surface area contributed by atoms with Crippen LogP contribution in [0.25, 0.3) is 0 Å². The van der Waals surface area contributed by atoms with Crippen LogP contribution < -0.4 is 4.57 Å². The van der Waals surface area contributed by atoms with E-state index < -0.39 is 0 Å². The Bertz CT molecular complexity index is 460. The maximum absolute atomic E-state index is 2.24. The largest absolute Gasteiger partial charge is 0.201 e. The number of benzene rings is 1. The third-order valence-corrected chi connectivity index (χ3v) is 2.92. The lowest BCUT2D eigenvalue weighted by Gasteiger charge is -2.02. The van der Waals surface area contributed by atoms with E-state index in [4.69, 9.17) is 0 Å². The topological polar surface area (TPSA) is 3.88 Å². The van der Waals surface area contributed by atoms with Crippen LogP contribution in [-0.4, -0.2) is 0 Å². The molecular formula is C15H18N+. The first-order valence-corrected chi connectivity index (χ1v) is 5.82. The summed E-state index contributed by atoms with van der Waals surface area (Å²) in [6, 6.07) is 12.8. The van der Waals surface area contributed by atoms with Gasteiger partial charge in [-0.05, 0) is 18.9 Å². The van der Waals surface area contributed by atoms with E-state index in [1.54, 1.807) is 0 Å². The number of nitrogens with zero attached hydrogens (tertiary/aromatic N) is 1. The average molecular weight is 212 g/mol. The first-order valence-electron chi connectivity index (χ1n) is 5.82. The Morgan fingerprint density at radius 2 is 1.81 bits per heavy atom. The molecule has 1 heteroatoms. The van der Waals surface area contributed by atoms with E-state index in [2.05, 4.69) is 67.2 Å². The van der Waals surface area contributed by atoms with Gasteiger partial charge in [0.05, 0.1) is 0 Å². The summed E-state index contributed by atoms with van der Waals surface area (Å²) in [5, 5.41) is 0. The lowest BCUT2D eigenvalue weighted by atomic mass is 10.1. The molecule has 0 atom stereocenters. The van der Waals surface area contributed by atoms with Gasteiger partial charge < -0.3 is 0 Å². The van der Waals surface area contributed by atoms with Crippen LogP contribution in [0.4, 0.5) is 0 Å². The van der Waals surface area contributed by atoms with E-state index in [1.165, 1.54) is 16.7 Å². The molecule has 0 spiro atoms. The fraction of sp³-hybridized carbons (Fsp3) is 0.267. The molecule has 0 unspecified atom stereocenters. The van der Waals surface area contributed by atoms with Crippen LogP contribution >= 0.6 is 0 Å². The predicted octanol–water partition coefficient (Wildman–Crippen LogP) is 2.89. The zero-order valence-corrected chi connectivity index (χ0v) is 9.98. The SMILES string of the molecule is CCc1cc[n+](Cc2ccccc2)cc1C. The maximum atomic E-state index is 2.24. The molecular weight excluding hydrogens is 194 g/mol.